The molecule has 1 rings (SSSR count). The molecule has 0 heterocycles. The fourth-order valence-electron chi connectivity index (χ4n) is 1.92. The molecule has 0 fully saturated rings. The van der Waals surface area contributed by atoms with Crippen molar-refractivity contribution in [2.75, 3.05) is 0 Å². The van der Waals surface area contributed by atoms with E-state index < -0.39 is 58.8 Å². The van der Waals surface area contributed by atoms with E-state index in [2.05, 4.69) is 0 Å². The lowest BCUT2D eigenvalue weighted by Gasteiger charge is -2.36. The highest BCUT2D eigenvalue weighted by Gasteiger charge is 2.88. The van der Waals surface area contributed by atoms with Gasteiger partial charge in [-0.25, -0.2) is 8.78 Å². The highest BCUT2D eigenvalue weighted by molar-refractivity contribution is 5.55. The van der Waals surface area contributed by atoms with Gasteiger partial charge in [0.15, 0.2) is 5.83 Å². The Balaban J connectivity index is 4.02. The van der Waals surface area contributed by atoms with Gasteiger partial charge in [0.1, 0.15) is 5.57 Å². The topological polar surface area (TPSA) is 0 Å². The minimum atomic E-state index is -7.95. The van der Waals surface area contributed by atoms with E-state index in [9.17, 15) is 70.2 Å². The molecule has 0 unspecified atom stereocenters. The van der Waals surface area contributed by atoms with E-state index in [0.717, 1.165) is 0 Å². The van der Waals surface area contributed by atoms with Gasteiger partial charge in [-0.05, 0) is 0 Å². The first kappa shape index (κ1) is 22.4. The van der Waals surface area contributed by atoms with E-state index >= 15 is 0 Å². The van der Waals surface area contributed by atoms with Gasteiger partial charge < -0.3 is 0 Å². The summed E-state index contributed by atoms with van der Waals surface area (Å²) in [5, 5.41) is 0. The summed E-state index contributed by atoms with van der Waals surface area (Å²) in [6, 6.07) is 0. The Morgan fingerprint density at radius 3 is 1.27 bits per heavy atom. The van der Waals surface area contributed by atoms with Crippen LogP contribution in [-0.4, -0.2) is 35.8 Å². The molecular formula is C10F16. The zero-order valence-corrected chi connectivity index (χ0v) is 11.0. The van der Waals surface area contributed by atoms with E-state index in [1.54, 1.807) is 0 Å². The van der Waals surface area contributed by atoms with Gasteiger partial charge in [-0.15, -0.1) is 0 Å². The summed E-state index contributed by atoms with van der Waals surface area (Å²) < 4.78 is 204. The van der Waals surface area contributed by atoms with Crippen molar-refractivity contribution in [3.05, 3.63) is 23.1 Å². The van der Waals surface area contributed by atoms with Gasteiger partial charge in [-0.1, -0.05) is 0 Å². The van der Waals surface area contributed by atoms with Crippen LogP contribution in [0.4, 0.5) is 70.2 Å². The molecular weight excluding hydrogens is 424 g/mol. The summed E-state index contributed by atoms with van der Waals surface area (Å²) in [5.41, 5.74) is -16.6. The molecule has 0 N–H and O–H groups in total. The minimum absolute atomic E-state index is 4.18. The average Bonchev–Trinajstić information content (AvgIpc) is 2.52. The fourth-order valence-corrected chi connectivity index (χ4v) is 1.92. The first-order chi connectivity index (χ1) is 11.1. The van der Waals surface area contributed by atoms with Gasteiger partial charge >= 0.3 is 35.8 Å². The van der Waals surface area contributed by atoms with Crippen LogP contribution in [0.2, 0.25) is 0 Å². The van der Waals surface area contributed by atoms with Crippen molar-refractivity contribution in [2.45, 2.75) is 35.8 Å². The van der Waals surface area contributed by atoms with Crippen LogP contribution in [0.5, 0.6) is 0 Å². The van der Waals surface area contributed by atoms with Crippen LogP contribution >= 0.6 is 0 Å². The Hall–Kier alpha value is -1.64. The SMILES string of the molecule is FC(F)=C1C(C(F)(F)C(F)(C(F)(F)F)C(F)(F)F)=C(F)C(F)(F)C1(F)F. The van der Waals surface area contributed by atoms with E-state index in [1.807, 2.05) is 0 Å². The first-order valence-electron chi connectivity index (χ1n) is 5.52. The maximum atomic E-state index is 13.6. The predicted octanol–water partition coefficient (Wildman–Crippen LogP) is 6.11. The normalized spacial score (nSPS) is 21.5. The van der Waals surface area contributed by atoms with Crippen LogP contribution in [-0.2, 0) is 0 Å². The zero-order valence-electron chi connectivity index (χ0n) is 11.0. The molecule has 0 aromatic rings. The van der Waals surface area contributed by atoms with Crippen molar-refractivity contribution in [2.24, 2.45) is 0 Å². The Kier molecular flexibility index (Phi) is 4.68. The first-order valence-corrected chi connectivity index (χ1v) is 5.52. The third kappa shape index (κ3) is 2.46. The van der Waals surface area contributed by atoms with Crippen molar-refractivity contribution >= 4 is 0 Å². The summed E-state index contributed by atoms with van der Waals surface area (Å²) in [6.45, 7) is 0. The van der Waals surface area contributed by atoms with Crippen LogP contribution in [0.1, 0.15) is 0 Å². The van der Waals surface area contributed by atoms with E-state index in [0.29, 0.717) is 0 Å². The highest BCUT2D eigenvalue weighted by Crippen LogP contribution is 2.65. The summed E-state index contributed by atoms with van der Waals surface area (Å²) in [6.07, 6.45) is -19.9. The Morgan fingerprint density at radius 2 is 1.00 bits per heavy atom. The number of hydrogen-bond acceptors (Lipinski definition) is 0. The molecule has 16 heteroatoms. The van der Waals surface area contributed by atoms with Gasteiger partial charge in [0.2, 0.25) is 0 Å². The maximum absolute atomic E-state index is 13.6. The average molecular weight is 424 g/mol. The van der Waals surface area contributed by atoms with Crippen LogP contribution < -0.4 is 0 Å². The van der Waals surface area contributed by atoms with Gasteiger partial charge in [-0.3, -0.25) is 0 Å². The third-order valence-corrected chi connectivity index (χ3v) is 3.17. The molecule has 0 spiro atoms. The smallest absolute Gasteiger partial charge is 0.216 e. The fraction of sp³-hybridized carbons (Fsp3) is 0.600. The second-order valence-corrected chi connectivity index (χ2v) is 4.70. The van der Waals surface area contributed by atoms with Crippen molar-refractivity contribution in [3.63, 3.8) is 0 Å². The minimum Gasteiger partial charge on any atom is -0.216 e. The van der Waals surface area contributed by atoms with Crippen LogP contribution in [0.15, 0.2) is 23.1 Å². The van der Waals surface area contributed by atoms with Gasteiger partial charge in [-0.2, -0.15) is 61.5 Å². The van der Waals surface area contributed by atoms with Crippen molar-refractivity contribution in [1.29, 1.82) is 0 Å². The molecule has 1 aliphatic carbocycles. The maximum Gasteiger partial charge on any atom is 0.438 e. The molecule has 0 aromatic heterocycles. The molecule has 0 atom stereocenters. The lowest BCUT2D eigenvalue weighted by molar-refractivity contribution is -0.388. The van der Waals surface area contributed by atoms with Gasteiger partial charge in [0.25, 0.3) is 6.08 Å². The van der Waals surface area contributed by atoms with Crippen molar-refractivity contribution < 1.29 is 70.2 Å². The molecule has 0 saturated carbocycles. The molecule has 0 aliphatic heterocycles. The van der Waals surface area contributed by atoms with Crippen LogP contribution in [0, 0.1) is 0 Å². The molecule has 0 amide bonds. The largest absolute Gasteiger partial charge is 0.438 e. The molecule has 0 nitrogen and oxygen atoms in total. The van der Waals surface area contributed by atoms with E-state index in [1.165, 1.54) is 0 Å². The second-order valence-electron chi connectivity index (χ2n) is 4.70. The number of rotatable bonds is 2. The zero-order chi connectivity index (χ0) is 21.3. The number of hydrogen-bond donors (Lipinski definition) is 0. The lowest BCUT2D eigenvalue weighted by atomic mass is 9.87. The number of alkyl halides is 13. The van der Waals surface area contributed by atoms with Crippen LogP contribution in [0.25, 0.3) is 0 Å². The molecule has 0 radical (unpaired) electrons. The highest BCUT2D eigenvalue weighted by atomic mass is 19.4. The molecule has 0 saturated heterocycles. The summed E-state index contributed by atoms with van der Waals surface area (Å²) >= 11 is 0. The summed E-state index contributed by atoms with van der Waals surface area (Å²) in [4.78, 5) is 0. The molecule has 0 bridgehead atoms. The van der Waals surface area contributed by atoms with Crippen LogP contribution in [0.3, 0.4) is 0 Å². The molecule has 1 aliphatic rings. The van der Waals surface area contributed by atoms with Gasteiger partial charge in [0.05, 0.1) is 5.57 Å². The molecule has 26 heavy (non-hydrogen) atoms. The predicted molar refractivity (Wildman–Crippen MR) is 48.2 cm³/mol. The summed E-state index contributed by atoms with van der Waals surface area (Å²) in [5.74, 6) is -25.5. The molecule has 152 valence electrons. The van der Waals surface area contributed by atoms with E-state index in [-0.39, 0.29) is 0 Å². The van der Waals surface area contributed by atoms with Crippen molar-refractivity contribution in [1.82, 2.24) is 0 Å². The standard InChI is InChI=1S/C10F16/c11-3-1(2(4(12)13)5(14,15)7(3,18)19)6(16,17)8(20,9(21,22)23)10(24,25)26. The lowest BCUT2D eigenvalue weighted by Crippen LogP contribution is -2.65. The van der Waals surface area contributed by atoms with Gasteiger partial charge in [0, 0.05) is 0 Å². The Labute approximate surface area is 130 Å². The summed E-state index contributed by atoms with van der Waals surface area (Å²) in [7, 11) is 0. The van der Waals surface area contributed by atoms with Crippen molar-refractivity contribution in [3.8, 4) is 0 Å². The monoisotopic (exact) mass is 424 g/mol. The Morgan fingerprint density at radius 1 is 0.654 bits per heavy atom. The number of allylic oxidation sites excluding steroid dienone is 3. The Bertz CT molecular complexity index is 637. The second kappa shape index (κ2) is 5.43. The quantitative estimate of drug-likeness (QED) is 0.470. The number of halogens is 16. The van der Waals surface area contributed by atoms with E-state index in [4.69, 9.17) is 0 Å². The third-order valence-electron chi connectivity index (χ3n) is 3.17. The molecule has 0 aromatic carbocycles.